The average Bonchev–Trinajstić information content (AvgIpc) is 2.53. The summed E-state index contributed by atoms with van der Waals surface area (Å²) < 4.78 is 13.2. The van der Waals surface area contributed by atoms with Gasteiger partial charge in [0.1, 0.15) is 0 Å². The molecule has 0 amide bonds. The van der Waals surface area contributed by atoms with E-state index in [0.29, 0.717) is 6.07 Å². The van der Waals surface area contributed by atoms with Gasteiger partial charge >= 0.3 is 11.4 Å². The minimum Gasteiger partial charge on any atom is -0.258 e. The molecule has 2 rings (SSSR count). The monoisotopic (exact) mass is 335 g/mol. The molecule has 2 aromatic rings. The van der Waals surface area contributed by atoms with E-state index in [9.17, 15) is 34.7 Å². The third-order valence-corrected chi connectivity index (χ3v) is 2.77. The summed E-state index contributed by atoms with van der Waals surface area (Å²) in [6.45, 7) is 0. The SMILES string of the molecule is O=[N+]([O-])c1ccc(N=Nc2ccc(F)c([N+](=O)[O-])c2)c([N+](=O)[O-])c1. The van der Waals surface area contributed by atoms with Crippen LogP contribution in [0.4, 0.5) is 32.8 Å². The molecular formula is C12H6FN5O6. The molecule has 0 bridgehead atoms. The van der Waals surface area contributed by atoms with E-state index in [0.717, 1.165) is 30.3 Å². The summed E-state index contributed by atoms with van der Waals surface area (Å²) in [5, 5.41) is 39.3. The number of benzene rings is 2. The van der Waals surface area contributed by atoms with E-state index in [4.69, 9.17) is 0 Å². The number of halogens is 1. The molecule has 0 fully saturated rings. The Morgan fingerprint density at radius 1 is 0.792 bits per heavy atom. The van der Waals surface area contributed by atoms with Gasteiger partial charge in [-0.1, -0.05) is 0 Å². The lowest BCUT2D eigenvalue weighted by Gasteiger charge is -1.98. The topological polar surface area (TPSA) is 154 Å². The van der Waals surface area contributed by atoms with Gasteiger partial charge < -0.3 is 0 Å². The van der Waals surface area contributed by atoms with Crippen LogP contribution in [-0.4, -0.2) is 14.8 Å². The molecule has 12 heteroatoms. The average molecular weight is 335 g/mol. The summed E-state index contributed by atoms with van der Waals surface area (Å²) in [6.07, 6.45) is 0. The molecule has 0 aliphatic carbocycles. The summed E-state index contributed by atoms with van der Waals surface area (Å²) in [5.41, 5.74) is -2.40. The highest BCUT2D eigenvalue weighted by Crippen LogP contribution is 2.33. The second kappa shape index (κ2) is 6.51. The van der Waals surface area contributed by atoms with Crippen LogP contribution in [0.2, 0.25) is 0 Å². The van der Waals surface area contributed by atoms with Crippen LogP contribution in [0, 0.1) is 36.2 Å². The van der Waals surface area contributed by atoms with Crippen molar-refractivity contribution < 1.29 is 19.2 Å². The van der Waals surface area contributed by atoms with Crippen LogP contribution in [0.5, 0.6) is 0 Å². The first-order valence-electron chi connectivity index (χ1n) is 6.08. The van der Waals surface area contributed by atoms with E-state index >= 15 is 0 Å². The second-order valence-electron chi connectivity index (χ2n) is 4.28. The summed E-state index contributed by atoms with van der Waals surface area (Å²) in [5.74, 6) is -1.07. The van der Waals surface area contributed by atoms with Crippen LogP contribution in [0.3, 0.4) is 0 Å². The van der Waals surface area contributed by atoms with Gasteiger partial charge in [0.15, 0.2) is 5.69 Å². The molecule has 0 aliphatic heterocycles. The van der Waals surface area contributed by atoms with E-state index in [1.54, 1.807) is 0 Å². The Balaban J connectivity index is 2.42. The Kier molecular flexibility index (Phi) is 4.49. The summed E-state index contributed by atoms with van der Waals surface area (Å²) in [4.78, 5) is 29.6. The number of azo groups is 1. The third kappa shape index (κ3) is 3.49. The number of rotatable bonds is 5. The zero-order chi connectivity index (χ0) is 17.9. The predicted octanol–water partition coefficient (Wildman–Crippen LogP) is 3.97. The lowest BCUT2D eigenvalue weighted by atomic mass is 10.2. The molecule has 122 valence electrons. The predicted molar refractivity (Wildman–Crippen MR) is 77.0 cm³/mol. The first-order valence-corrected chi connectivity index (χ1v) is 6.08. The zero-order valence-electron chi connectivity index (χ0n) is 11.5. The fourth-order valence-electron chi connectivity index (χ4n) is 1.67. The minimum absolute atomic E-state index is 0.115. The molecule has 0 saturated heterocycles. The van der Waals surface area contributed by atoms with Crippen LogP contribution in [0.1, 0.15) is 0 Å². The van der Waals surface area contributed by atoms with Gasteiger partial charge in [0.25, 0.3) is 5.69 Å². The first kappa shape index (κ1) is 16.5. The summed E-state index contributed by atoms with van der Waals surface area (Å²) >= 11 is 0. The van der Waals surface area contributed by atoms with Crippen LogP contribution in [0.25, 0.3) is 0 Å². The van der Waals surface area contributed by atoms with Crippen molar-refractivity contribution in [3.05, 3.63) is 72.6 Å². The number of hydrogen-bond donors (Lipinski definition) is 0. The number of nitro groups is 3. The first-order chi connectivity index (χ1) is 11.3. The van der Waals surface area contributed by atoms with Gasteiger partial charge in [-0.2, -0.15) is 9.50 Å². The molecule has 0 heterocycles. The number of nitrogens with zero attached hydrogens (tertiary/aromatic N) is 5. The highest BCUT2D eigenvalue weighted by Gasteiger charge is 2.19. The Hall–Kier alpha value is -3.83. The Labute approximate surface area is 131 Å². The van der Waals surface area contributed by atoms with Crippen molar-refractivity contribution in [1.82, 2.24) is 0 Å². The summed E-state index contributed by atoms with van der Waals surface area (Å²) in [6, 6.07) is 5.41. The van der Waals surface area contributed by atoms with Gasteiger partial charge in [0, 0.05) is 12.1 Å². The fraction of sp³-hybridized carbons (Fsp3) is 0. The number of non-ortho nitro benzene ring substituents is 1. The molecule has 0 saturated carbocycles. The van der Waals surface area contributed by atoms with Gasteiger partial charge in [-0.3, -0.25) is 30.3 Å². The van der Waals surface area contributed by atoms with Crippen molar-refractivity contribution in [2.45, 2.75) is 0 Å². The van der Waals surface area contributed by atoms with Crippen molar-refractivity contribution in [1.29, 1.82) is 0 Å². The molecule has 0 aromatic heterocycles. The Morgan fingerprint density at radius 3 is 2.04 bits per heavy atom. The molecule has 2 aromatic carbocycles. The van der Waals surface area contributed by atoms with Crippen LogP contribution >= 0.6 is 0 Å². The van der Waals surface area contributed by atoms with Gasteiger partial charge in [0.05, 0.1) is 26.5 Å². The lowest BCUT2D eigenvalue weighted by molar-refractivity contribution is -0.393. The normalized spacial score (nSPS) is 10.7. The highest BCUT2D eigenvalue weighted by atomic mass is 19.1. The van der Waals surface area contributed by atoms with Crippen LogP contribution < -0.4 is 0 Å². The van der Waals surface area contributed by atoms with E-state index in [1.807, 2.05) is 0 Å². The van der Waals surface area contributed by atoms with Gasteiger partial charge in [-0.25, -0.2) is 0 Å². The van der Waals surface area contributed by atoms with Crippen molar-refractivity contribution in [3.63, 3.8) is 0 Å². The van der Waals surface area contributed by atoms with Crippen molar-refractivity contribution in [2.24, 2.45) is 10.2 Å². The maximum absolute atomic E-state index is 13.2. The smallest absolute Gasteiger partial charge is 0.258 e. The third-order valence-electron chi connectivity index (χ3n) is 2.77. The number of nitro benzene ring substituents is 3. The lowest BCUT2D eigenvalue weighted by Crippen LogP contribution is -1.92. The van der Waals surface area contributed by atoms with E-state index in [-0.39, 0.29) is 11.4 Å². The van der Waals surface area contributed by atoms with E-state index in [1.165, 1.54) is 0 Å². The molecule has 0 atom stereocenters. The van der Waals surface area contributed by atoms with Crippen molar-refractivity contribution in [2.75, 3.05) is 0 Å². The van der Waals surface area contributed by atoms with Gasteiger partial charge in [-0.05, 0) is 18.2 Å². The van der Waals surface area contributed by atoms with E-state index < -0.39 is 37.6 Å². The Morgan fingerprint density at radius 2 is 1.46 bits per heavy atom. The Bertz CT molecular complexity index is 884. The molecule has 0 aliphatic rings. The largest absolute Gasteiger partial charge is 0.307 e. The molecule has 11 nitrogen and oxygen atoms in total. The quantitative estimate of drug-likeness (QED) is 0.457. The van der Waals surface area contributed by atoms with Crippen LogP contribution in [0.15, 0.2) is 46.6 Å². The minimum atomic E-state index is -1.07. The van der Waals surface area contributed by atoms with Gasteiger partial charge in [-0.15, -0.1) is 5.11 Å². The zero-order valence-corrected chi connectivity index (χ0v) is 11.5. The molecule has 0 spiro atoms. The standard InChI is InChI=1S/C12H6FN5O6/c13-9-3-1-7(5-11(9)17(21)22)14-15-10-4-2-8(16(19)20)6-12(10)18(23)24/h1-6H. The van der Waals surface area contributed by atoms with Crippen molar-refractivity contribution in [3.8, 4) is 0 Å². The van der Waals surface area contributed by atoms with Gasteiger partial charge in [0.2, 0.25) is 5.82 Å². The summed E-state index contributed by atoms with van der Waals surface area (Å²) in [7, 11) is 0. The molecule has 0 unspecified atom stereocenters. The number of hydrogen-bond acceptors (Lipinski definition) is 8. The second-order valence-corrected chi connectivity index (χ2v) is 4.28. The highest BCUT2D eigenvalue weighted by molar-refractivity contribution is 5.61. The maximum Gasteiger partial charge on any atom is 0.307 e. The van der Waals surface area contributed by atoms with E-state index in [2.05, 4.69) is 10.2 Å². The molecule has 24 heavy (non-hydrogen) atoms. The fourth-order valence-corrected chi connectivity index (χ4v) is 1.67. The van der Waals surface area contributed by atoms with Crippen molar-refractivity contribution >= 4 is 28.4 Å². The maximum atomic E-state index is 13.2. The molecule has 0 N–H and O–H groups in total. The molecular weight excluding hydrogens is 329 g/mol. The molecule has 0 radical (unpaired) electrons. The van der Waals surface area contributed by atoms with Crippen LogP contribution in [-0.2, 0) is 0 Å².